The van der Waals surface area contributed by atoms with Gasteiger partial charge in [0.15, 0.2) is 0 Å². The molecule has 2 aromatic rings. The van der Waals surface area contributed by atoms with Gasteiger partial charge in [0.05, 0.1) is 5.56 Å². The molecule has 0 aliphatic carbocycles. The fourth-order valence-corrected chi connectivity index (χ4v) is 1.76. The highest BCUT2D eigenvalue weighted by Crippen LogP contribution is 2.16. The van der Waals surface area contributed by atoms with Crippen LogP contribution in [0.1, 0.15) is 11.1 Å². The van der Waals surface area contributed by atoms with Crippen molar-refractivity contribution in [3.8, 4) is 6.07 Å². The lowest BCUT2D eigenvalue weighted by atomic mass is 10.1. The number of hydrogen-bond donors (Lipinski definition) is 2. The number of nitrogens with one attached hydrogen (secondary N) is 1. The molecule has 3 N–H and O–H groups in total. The Morgan fingerprint density at radius 3 is 2.61 bits per heavy atom. The van der Waals surface area contributed by atoms with Gasteiger partial charge in [-0.25, -0.2) is 0 Å². The van der Waals surface area contributed by atoms with Gasteiger partial charge in [0.2, 0.25) is 0 Å². The number of nitrogens with zero attached hydrogens (tertiary/aromatic N) is 1. The SMILES string of the molecule is N#Cc1cc(NCCc2ccccc2)ccc1N. The Kier molecular flexibility index (Phi) is 3.83. The van der Waals surface area contributed by atoms with E-state index in [2.05, 4.69) is 23.5 Å². The summed E-state index contributed by atoms with van der Waals surface area (Å²) in [5, 5.41) is 12.2. The van der Waals surface area contributed by atoms with E-state index >= 15 is 0 Å². The monoisotopic (exact) mass is 237 g/mol. The second kappa shape index (κ2) is 5.74. The molecule has 2 rings (SSSR count). The fourth-order valence-electron chi connectivity index (χ4n) is 1.76. The first-order valence-electron chi connectivity index (χ1n) is 5.87. The Hall–Kier alpha value is -2.47. The van der Waals surface area contributed by atoms with Crippen molar-refractivity contribution in [2.45, 2.75) is 6.42 Å². The van der Waals surface area contributed by atoms with Crippen molar-refractivity contribution in [3.63, 3.8) is 0 Å². The molecule has 0 atom stereocenters. The molecular formula is C15H15N3. The molecule has 0 unspecified atom stereocenters. The Bertz CT molecular complexity index is 556. The van der Waals surface area contributed by atoms with Gasteiger partial charge in [0, 0.05) is 17.9 Å². The van der Waals surface area contributed by atoms with Crippen LogP contribution in [0.25, 0.3) is 0 Å². The third kappa shape index (κ3) is 3.02. The van der Waals surface area contributed by atoms with Crippen molar-refractivity contribution >= 4 is 11.4 Å². The maximum atomic E-state index is 8.89. The van der Waals surface area contributed by atoms with Crippen molar-refractivity contribution in [1.29, 1.82) is 5.26 Å². The van der Waals surface area contributed by atoms with Crippen LogP contribution in [-0.4, -0.2) is 6.54 Å². The quantitative estimate of drug-likeness (QED) is 0.804. The van der Waals surface area contributed by atoms with E-state index in [1.54, 1.807) is 12.1 Å². The molecule has 0 spiro atoms. The summed E-state index contributed by atoms with van der Waals surface area (Å²) >= 11 is 0. The van der Waals surface area contributed by atoms with E-state index in [0.29, 0.717) is 11.3 Å². The molecule has 18 heavy (non-hydrogen) atoms. The number of benzene rings is 2. The molecule has 0 saturated heterocycles. The van der Waals surface area contributed by atoms with Gasteiger partial charge in [-0.3, -0.25) is 0 Å². The second-order valence-electron chi connectivity index (χ2n) is 4.08. The molecule has 3 heteroatoms. The first kappa shape index (κ1) is 12.0. The minimum absolute atomic E-state index is 0.514. The molecule has 0 bridgehead atoms. The fraction of sp³-hybridized carbons (Fsp3) is 0.133. The topological polar surface area (TPSA) is 61.8 Å². The van der Waals surface area contributed by atoms with E-state index < -0.39 is 0 Å². The van der Waals surface area contributed by atoms with E-state index in [9.17, 15) is 0 Å². The van der Waals surface area contributed by atoms with Crippen molar-refractivity contribution in [2.75, 3.05) is 17.6 Å². The third-order valence-electron chi connectivity index (χ3n) is 2.76. The molecule has 0 fully saturated rings. The van der Waals surface area contributed by atoms with Crippen molar-refractivity contribution in [2.24, 2.45) is 0 Å². The van der Waals surface area contributed by atoms with E-state index in [1.807, 2.05) is 24.3 Å². The van der Waals surface area contributed by atoms with Gasteiger partial charge >= 0.3 is 0 Å². The molecule has 0 aliphatic heterocycles. The van der Waals surface area contributed by atoms with Crippen molar-refractivity contribution < 1.29 is 0 Å². The zero-order valence-corrected chi connectivity index (χ0v) is 10.1. The van der Waals surface area contributed by atoms with Crippen LogP contribution in [0, 0.1) is 11.3 Å². The highest BCUT2D eigenvalue weighted by molar-refractivity contribution is 5.61. The zero-order chi connectivity index (χ0) is 12.8. The largest absolute Gasteiger partial charge is 0.398 e. The summed E-state index contributed by atoms with van der Waals surface area (Å²) in [5.41, 5.74) is 8.92. The van der Waals surface area contributed by atoms with Gasteiger partial charge in [-0.1, -0.05) is 30.3 Å². The Morgan fingerprint density at radius 2 is 1.89 bits per heavy atom. The highest BCUT2D eigenvalue weighted by Gasteiger charge is 1.99. The molecule has 90 valence electrons. The molecule has 0 heterocycles. The van der Waals surface area contributed by atoms with Crippen molar-refractivity contribution in [1.82, 2.24) is 0 Å². The summed E-state index contributed by atoms with van der Waals surface area (Å²) in [7, 11) is 0. The van der Waals surface area contributed by atoms with E-state index in [4.69, 9.17) is 11.0 Å². The van der Waals surface area contributed by atoms with Gasteiger partial charge in [-0.05, 0) is 30.2 Å². The third-order valence-corrected chi connectivity index (χ3v) is 2.76. The van der Waals surface area contributed by atoms with E-state index in [0.717, 1.165) is 18.7 Å². The molecule has 0 radical (unpaired) electrons. The van der Waals surface area contributed by atoms with Crippen LogP contribution in [-0.2, 0) is 6.42 Å². The normalized spacial score (nSPS) is 9.72. The van der Waals surface area contributed by atoms with Gasteiger partial charge in [-0.2, -0.15) is 5.26 Å². The Labute approximate surface area is 107 Å². The summed E-state index contributed by atoms with van der Waals surface area (Å²) in [6.07, 6.45) is 0.951. The Balaban J connectivity index is 1.93. The molecule has 0 aromatic heterocycles. The summed E-state index contributed by atoms with van der Waals surface area (Å²) in [6, 6.07) is 17.8. The standard InChI is InChI=1S/C15H15N3/c16-11-13-10-14(6-7-15(13)17)18-9-8-12-4-2-1-3-5-12/h1-7,10,18H,8-9,17H2. The van der Waals surface area contributed by atoms with Crippen LogP contribution in [0.2, 0.25) is 0 Å². The minimum atomic E-state index is 0.514. The lowest BCUT2D eigenvalue weighted by Gasteiger charge is -2.07. The van der Waals surface area contributed by atoms with Gasteiger partial charge in [-0.15, -0.1) is 0 Å². The summed E-state index contributed by atoms with van der Waals surface area (Å²) in [4.78, 5) is 0. The van der Waals surface area contributed by atoms with E-state index in [-0.39, 0.29) is 0 Å². The van der Waals surface area contributed by atoms with Gasteiger partial charge < -0.3 is 11.1 Å². The lowest BCUT2D eigenvalue weighted by molar-refractivity contribution is 1.02. The zero-order valence-electron chi connectivity index (χ0n) is 10.1. The number of nitrogen functional groups attached to an aromatic ring is 1. The number of nitriles is 1. The van der Waals surface area contributed by atoms with Crippen LogP contribution in [0.4, 0.5) is 11.4 Å². The first-order chi connectivity index (χ1) is 8.79. The number of rotatable bonds is 4. The smallest absolute Gasteiger partial charge is 0.101 e. The molecule has 0 saturated carbocycles. The molecule has 2 aromatic carbocycles. The van der Waals surface area contributed by atoms with Crippen LogP contribution >= 0.6 is 0 Å². The summed E-state index contributed by atoms with van der Waals surface area (Å²) in [5.74, 6) is 0. The summed E-state index contributed by atoms with van der Waals surface area (Å²) in [6.45, 7) is 0.832. The predicted octanol–water partition coefficient (Wildman–Crippen LogP) is 2.80. The van der Waals surface area contributed by atoms with Crippen LogP contribution in [0.3, 0.4) is 0 Å². The van der Waals surface area contributed by atoms with Crippen LogP contribution in [0.15, 0.2) is 48.5 Å². The number of nitrogens with two attached hydrogens (primary N) is 1. The maximum absolute atomic E-state index is 8.89. The first-order valence-corrected chi connectivity index (χ1v) is 5.87. The van der Waals surface area contributed by atoms with E-state index in [1.165, 1.54) is 5.56 Å². The molecular weight excluding hydrogens is 222 g/mol. The minimum Gasteiger partial charge on any atom is -0.398 e. The van der Waals surface area contributed by atoms with Gasteiger partial charge in [0.1, 0.15) is 6.07 Å². The van der Waals surface area contributed by atoms with Crippen LogP contribution in [0.5, 0.6) is 0 Å². The molecule has 0 amide bonds. The molecule has 0 aliphatic rings. The highest BCUT2D eigenvalue weighted by atomic mass is 14.9. The predicted molar refractivity (Wildman–Crippen MR) is 74.2 cm³/mol. The summed E-state index contributed by atoms with van der Waals surface area (Å²) < 4.78 is 0. The average molecular weight is 237 g/mol. The average Bonchev–Trinajstić information content (AvgIpc) is 2.42. The second-order valence-corrected chi connectivity index (χ2v) is 4.08. The number of hydrogen-bond acceptors (Lipinski definition) is 3. The van der Waals surface area contributed by atoms with Gasteiger partial charge in [0.25, 0.3) is 0 Å². The lowest BCUT2D eigenvalue weighted by Crippen LogP contribution is -2.05. The Morgan fingerprint density at radius 1 is 1.11 bits per heavy atom. The number of anilines is 2. The molecule has 3 nitrogen and oxygen atoms in total. The van der Waals surface area contributed by atoms with Crippen molar-refractivity contribution in [3.05, 3.63) is 59.7 Å². The maximum Gasteiger partial charge on any atom is 0.101 e. The van der Waals surface area contributed by atoms with Crippen LogP contribution < -0.4 is 11.1 Å².